The molecule has 1 atom stereocenters. The van der Waals surface area contributed by atoms with E-state index in [1.807, 2.05) is 50.3 Å². The second kappa shape index (κ2) is 13.3. The summed E-state index contributed by atoms with van der Waals surface area (Å²) in [5.41, 5.74) is 4.26. The van der Waals surface area contributed by atoms with Gasteiger partial charge in [-0.15, -0.1) is 0 Å². The number of methoxy groups -OCH3 is 1. The van der Waals surface area contributed by atoms with Crippen LogP contribution in [0, 0.1) is 12.7 Å². The minimum Gasteiger partial charge on any atom is -0.493 e. The van der Waals surface area contributed by atoms with Gasteiger partial charge in [-0.25, -0.2) is 14.2 Å². The molecule has 8 nitrogen and oxygen atoms in total. The van der Waals surface area contributed by atoms with E-state index < -0.39 is 12.0 Å². The molecular weight excluding hydrogens is 685 g/mol. The molecule has 0 aliphatic carbocycles. The summed E-state index contributed by atoms with van der Waals surface area (Å²) >= 11 is 4.92. The van der Waals surface area contributed by atoms with E-state index >= 15 is 0 Å². The molecule has 1 aliphatic heterocycles. The third kappa shape index (κ3) is 5.82. The Morgan fingerprint density at radius 3 is 2.53 bits per heavy atom. The Balaban J connectivity index is 1.57. The number of esters is 1. The number of benzene rings is 3. The fourth-order valence-electron chi connectivity index (χ4n) is 6.05. The number of aromatic nitrogens is 2. The first-order chi connectivity index (χ1) is 22.7. The number of halogens is 2. The SMILES string of the molecule is CCOC(=O)C1=C(C)N=c2s/c(=C/c3c(C)n(Cc4ccccc4F)c4ccccc34)c(=O)n2[C@@H]1c1cc(OC)c(OCC)cc1Br. The van der Waals surface area contributed by atoms with Gasteiger partial charge in [0.1, 0.15) is 5.82 Å². The van der Waals surface area contributed by atoms with Gasteiger partial charge in [0.2, 0.25) is 0 Å². The van der Waals surface area contributed by atoms with Crippen molar-refractivity contribution in [2.24, 2.45) is 4.99 Å². The monoisotopic (exact) mass is 717 g/mol. The number of hydrogen-bond acceptors (Lipinski definition) is 7. The molecule has 0 radical (unpaired) electrons. The summed E-state index contributed by atoms with van der Waals surface area (Å²) in [6.07, 6.45) is 1.87. The number of carbonyl (C=O) groups excluding carboxylic acids is 1. The van der Waals surface area contributed by atoms with Crippen LogP contribution in [-0.2, 0) is 16.1 Å². The molecule has 47 heavy (non-hydrogen) atoms. The van der Waals surface area contributed by atoms with Crippen LogP contribution in [0.4, 0.5) is 4.39 Å². The van der Waals surface area contributed by atoms with Crippen molar-refractivity contribution in [3.8, 4) is 11.5 Å². The summed E-state index contributed by atoms with van der Waals surface area (Å²) < 4.78 is 36.3. The molecule has 0 amide bonds. The molecule has 1 aliphatic rings. The molecule has 5 aromatic rings. The average Bonchev–Trinajstić information content (AvgIpc) is 3.50. The Hall–Kier alpha value is -4.48. The molecule has 0 N–H and O–H groups in total. The standard InChI is InChI=1S/C36H33BrFN3O5S/c1-6-45-30-18-26(37)25(16-29(30)44-5)33-32(35(43)46-7-2)20(3)39-36-41(33)34(42)31(47-36)17-24-21(4)40(28-15-11-9-13-23(24)28)19-22-12-8-10-14-27(22)38/h8-18,33H,6-7,19H2,1-5H3/b31-17+/t33-/m1/s1. The van der Waals surface area contributed by atoms with E-state index in [2.05, 4.69) is 20.5 Å². The number of allylic oxidation sites excluding steroid dienone is 1. The molecule has 6 rings (SSSR count). The van der Waals surface area contributed by atoms with Crippen molar-refractivity contribution in [2.45, 2.75) is 40.3 Å². The van der Waals surface area contributed by atoms with Gasteiger partial charge in [0.15, 0.2) is 16.3 Å². The Kier molecular flexibility index (Phi) is 9.20. The summed E-state index contributed by atoms with van der Waals surface area (Å²) in [6, 6.07) is 17.3. The van der Waals surface area contributed by atoms with E-state index in [4.69, 9.17) is 19.2 Å². The molecule has 11 heteroatoms. The molecule has 0 spiro atoms. The van der Waals surface area contributed by atoms with Crippen LogP contribution in [0.15, 0.2) is 86.2 Å². The fourth-order valence-corrected chi connectivity index (χ4v) is 7.61. The quantitative estimate of drug-likeness (QED) is 0.165. The molecule has 0 bridgehead atoms. The van der Waals surface area contributed by atoms with Gasteiger partial charge in [-0.05, 0) is 63.6 Å². The molecule has 3 aromatic carbocycles. The maximum absolute atomic E-state index is 14.7. The third-order valence-electron chi connectivity index (χ3n) is 8.24. The lowest BCUT2D eigenvalue weighted by atomic mass is 9.95. The Morgan fingerprint density at radius 2 is 1.81 bits per heavy atom. The minimum atomic E-state index is -0.852. The second-order valence-electron chi connectivity index (χ2n) is 11.0. The minimum absolute atomic E-state index is 0.163. The highest BCUT2D eigenvalue weighted by Gasteiger charge is 2.35. The first-order valence-electron chi connectivity index (χ1n) is 15.2. The number of nitrogens with zero attached hydrogens (tertiary/aromatic N) is 3. The van der Waals surface area contributed by atoms with E-state index in [0.717, 1.165) is 22.2 Å². The summed E-state index contributed by atoms with van der Waals surface area (Å²) in [7, 11) is 1.54. The lowest BCUT2D eigenvalue weighted by Gasteiger charge is -2.26. The van der Waals surface area contributed by atoms with Crippen LogP contribution in [0.1, 0.15) is 49.2 Å². The van der Waals surface area contributed by atoms with Gasteiger partial charge in [0.25, 0.3) is 5.56 Å². The van der Waals surface area contributed by atoms with E-state index in [-0.39, 0.29) is 23.6 Å². The molecular formula is C36H33BrFN3O5S. The Morgan fingerprint density at radius 1 is 1.06 bits per heavy atom. The topological polar surface area (TPSA) is 84.1 Å². The number of rotatable bonds is 9. The maximum Gasteiger partial charge on any atom is 0.338 e. The van der Waals surface area contributed by atoms with Gasteiger partial charge in [-0.2, -0.15) is 0 Å². The molecule has 3 heterocycles. The highest BCUT2D eigenvalue weighted by atomic mass is 79.9. The maximum atomic E-state index is 14.7. The first-order valence-corrected chi connectivity index (χ1v) is 16.8. The van der Waals surface area contributed by atoms with Crippen molar-refractivity contribution in [3.63, 3.8) is 0 Å². The van der Waals surface area contributed by atoms with Gasteiger partial charge in [-0.3, -0.25) is 9.36 Å². The predicted octanol–water partition coefficient (Wildman–Crippen LogP) is 6.42. The predicted molar refractivity (Wildman–Crippen MR) is 184 cm³/mol. The Bertz CT molecular complexity index is 2250. The zero-order valence-corrected chi connectivity index (χ0v) is 29.0. The molecule has 0 saturated heterocycles. The van der Waals surface area contributed by atoms with Crippen molar-refractivity contribution in [1.29, 1.82) is 0 Å². The lowest BCUT2D eigenvalue weighted by molar-refractivity contribution is -0.139. The van der Waals surface area contributed by atoms with Crippen molar-refractivity contribution < 1.29 is 23.4 Å². The van der Waals surface area contributed by atoms with Crippen LogP contribution < -0.4 is 24.4 Å². The fraction of sp³-hybridized carbons (Fsp3) is 0.250. The number of hydrogen-bond donors (Lipinski definition) is 0. The van der Waals surface area contributed by atoms with Crippen molar-refractivity contribution in [2.75, 3.05) is 20.3 Å². The van der Waals surface area contributed by atoms with E-state index in [0.29, 0.717) is 55.3 Å². The van der Waals surface area contributed by atoms with Gasteiger partial charge in [0, 0.05) is 32.2 Å². The zero-order chi connectivity index (χ0) is 33.4. The van der Waals surface area contributed by atoms with Crippen molar-refractivity contribution >= 4 is 50.2 Å². The summed E-state index contributed by atoms with van der Waals surface area (Å²) in [6.45, 7) is 8.26. The van der Waals surface area contributed by atoms with E-state index in [1.165, 1.54) is 17.4 Å². The van der Waals surface area contributed by atoms with E-state index in [1.54, 1.807) is 49.8 Å². The summed E-state index contributed by atoms with van der Waals surface area (Å²) in [5.74, 6) is 0.159. The van der Waals surface area contributed by atoms with Crippen LogP contribution in [0.5, 0.6) is 11.5 Å². The van der Waals surface area contributed by atoms with Crippen molar-refractivity contribution in [1.82, 2.24) is 9.13 Å². The second-order valence-corrected chi connectivity index (χ2v) is 12.8. The lowest BCUT2D eigenvalue weighted by Crippen LogP contribution is -2.40. The van der Waals surface area contributed by atoms with Crippen molar-refractivity contribution in [3.05, 3.63) is 124 Å². The molecule has 2 aromatic heterocycles. The molecule has 0 fully saturated rings. The summed E-state index contributed by atoms with van der Waals surface area (Å²) in [5, 5.41) is 0.936. The number of fused-ring (bicyclic) bond motifs is 2. The largest absolute Gasteiger partial charge is 0.493 e. The van der Waals surface area contributed by atoms with Crippen LogP contribution in [0.2, 0.25) is 0 Å². The average molecular weight is 719 g/mol. The van der Waals surface area contributed by atoms with Gasteiger partial charge in [0.05, 0.1) is 48.7 Å². The zero-order valence-electron chi connectivity index (χ0n) is 26.6. The highest BCUT2D eigenvalue weighted by Crippen LogP contribution is 2.41. The van der Waals surface area contributed by atoms with Gasteiger partial charge >= 0.3 is 5.97 Å². The third-order valence-corrected chi connectivity index (χ3v) is 9.91. The van der Waals surface area contributed by atoms with Crippen LogP contribution in [0.25, 0.3) is 17.0 Å². The van der Waals surface area contributed by atoms with Gasteiger partial charge in [-0.1, -0.05) is 63.7 Å². The van der Waals surface area contributed by atoms with Gasteiger partial charge < -0.3 is 18.8 Å². The van der Waals surface area contributed by atoms with E-state index in [9.17, 15) is 14.0 Å². The van der Waals surface area contributed by atoms with Crippen LogP contribution in [-0.4, -0.2) is 35.4 Å². The normalized spacial score (nSPS) is 14.7. The number of para-hydroxylation sites is 1. The Labute approximate surface area is 283 Å². The number of carbonyl (C=O) groups is 1. The van der Waals surface area contributed by atoms with Crippen LogP contribution >= 0.6 is 27.3 Å². The molecule has 0 saturated carbocycles. The smallest absolute Gasteiger partial charge is 0.338 e. The molecule has 242 valence electrons. The highest BCUT2D eigenvalue weighted by molar-refractivity contribution is 9.10. The van der Waals surface area contributed by atoms with Crippen LogP contribution in [0.3, 0.4) is 0 Å². The molecule has 0 unspecified atom stereocenters. The number of thiazole rings is 1. The first kappa shape index (κ1) is 32.5. The number of ether oxygens (including phenoxy) is 3. The summed E-state index contributed by atoms with van der Waals surface area (Å²) in [4.78, 5) is 33.1.